The van der Waals surface area contributed by atoms with E-state index >= 15 is 0 Å². The van der Waals surface area contributed by atoms with E-state index in [0.29, 0.717) is 27.4 Å². The third-order valence-electron chi connectivity index (χ3n) is 5.20. The molecule has 0 fully saturated rings. The third-order valence-corrected chi connectivity index (χ3v) is 6.30. The fourth-order valence-corrected chi connectivity index (χ4v) is 4.28. The molecule has 4 aromatic rings. The van der Waals surface area contributed by atoms with Crippen LogP contribution in [-0.4, -0.2) is 22.4 Å². The molecule has 4 rings (SSSR count). The Hall–Kier alpha value is -3.38. The summed E-state index contributed by atoms with van der Waals surface area (Å²) < 4.78 is 6.73. The maximum atomic E-state index is 12.7. The van der Waals surface area contributed by atoms with Gasteiger partial charge in [0.25, 0.3) is 5.56 Å². The molecule has 156 valence electrons. The molecule has 5 nitrogen and oxygen atoms in total. The number of hydrogen-bond donors (Lipinski definition) is 0. The van der Waals surface area contributed by atoms with Crippen LogP contribution in [0.3, 0.4) is 0 Å². The Labute approximate surface area is 184 Å². The van der Waals surface area contributed by atoms with Crippen molar-refractivity contribution in [3.8, 4) is 5.75 Å². The summed E-state index contributed by atoms with van der Waals surface area (Å²) in [4.78, 5) is 30.1. The molecule has 0 amide bonds. The lowest BCUT2D eigenvalue weighted by Crippen LogP contribution is -2.20. The van der Waals surface area contributed by atoms with E-state index in [1.54, 1.807) is 43.0 Å². The van der Waals surface area contributed by atoms with Gasteiger partial charge in [-0.1, -0.05) is 48.2 Å². The minimum Gasteiger partial charge on any atom is -0.497 e. The summed E-state index contributed by atoms with van der Waals surface area (Å²) in [6.07, 6.45) is 0. The van der Waals surface area contributed by atoms with Gasteiger partial charge in [-0.3, -0.25) is 14.2 Å². The monoisotopic (exact) mass is 430 g/mol. The van der Waals surface area contributed by atoms with Crippen LogP contribution in [0.2, 0.25) is 0 Å². The van der Waals surface area contributed by atoms with Crippen LogP contribution in [0.4, 0.5) is 0 Å². The number of thioether (sulfide) groups is 1. The quantitative estimate of drug-likeness (QED) is 0.250. The fraction of sp³-hybridized carbons (Fsp3) is 0.160. The molecule has 0 spiro atoms. The van der Waals surface area contributed by atoms with Gasteiger partial charge < -0.3 is 4.74 Å². The van der Waals surface area contributed by atoms with E-state index in [4.69, 9.17) is 9.72 Å². The first-order chi connectivity index (χ1) is 15.0. The van der Waals surface area contributed by atoms with Crippen LogP contribution in [0.5, 0.6) is 5.75 Å². The highest BCUT2D eigenvalue weighted by molar-refractivity contribution is 7.98. The number of ether oxygens (including phenoxy) is 1. The number of fused-ring (bicyclic) bond motifs is 1. The zero-order chi connectivity index (χ0) is 22.0. The van der Waals surface area contributed by atoms with Gasteiger partial charge in [0.05, 0.1) is 18.0 Å². The third kappa shape index (κ3) is 4.25. The summed E-state index contributed by atoms with van der Waals surface area (Å²) >= 11 is 1.51. The van der Waals surface area contributed by atoms with E-state index in [2.05, 4.69) is 0 Å². The average Bonchev–Trinajstić information content (AvgIpc) is 2.81. The molecule has 0 aliphatic heterocycles. The van der Waals surface area contributed by atoms with E-state index in [1.807, 2.05) is 49.4 Å². The molecule has 6 heteroatoms. The van der Waals surface area contributed by atoms with Crippen LogP contribution in [0.1, 0.15) is 27.0 Å². The smallest absolute Gasteiger partial charge is 0.261 e. The molecule has 0 aliphatic rings. The van der Waals surface area contributed by atoms with E-state index in [0.717, 1.165) is 22.4 Å². The molecule has 0 bridgehead atoms. The average molecular weight is 431 g/mol. The first kappa shape index (κ1) is 20.9. The Balaban J connectivity index is 1.51. The molecule has 3 aromatic carbocycles. The van der Waals surface area contributed by atoms with Crippen molar-refractivity contribution < 1.29 is 9.53 Å². The first-order valence-corrected chi connectivity index (χ1v) is 10.8. The number of carbonyl (C=O) groups excluding carboxylic acids is 1. The lowest BCUT2D eigenvalue weighted by molar-refractivity contribution is 0.103. The summed E-state index contributed by atoms with van der Waals surface area (Å²) in [6.45, 7) is 1.96. The van der Waals surface area contributed by atoms with E-state index in [-0.39, 0.29) is 11.3 Å². The Morgan fingerprint density at radius 2 is 1.65 bits per heavy atom. The second-order valence-electron chi connectivity index (χ2n) is 7.27. The van der Waals surface area contributed by atoms with Gasteiger partial charge in [0, 0.05) is 23.9 Å². The van der Waals surface area contributed by atoms with Crippen molar-refractivity contribution in [3.63, 3.8) is 0 Å². The Morgan fingerprint density at radius 3 is 2.29 bits per heavy atom. The molecular weight excluding hydrogens is 408 g/mol. The Bertz CT molecular complexity index is 1310. The predicted molar refractivity (Wildman–Crippen MR) is 124 cm³/mol. The summed E-state index contributed by atoms with van der Waals surface area (Å²) in [5, 5.41) is 1.30. The number of ketones is 1. The minimum atomic E-state index is -0.0448. The van der Waals surface area contributed by atoms with Crippen LogP contribution in [0.15, 0.2) is 76.7 Å². The standard InChI is InChI=1S/C25H22N2O3S/c1-16-5-4-6-21-22(16)26-25(27(2)24(21)29)31-15-17-7-9-18(10-8-17)23(28)19-11-13-20(30-3)14-12-19/h4-14H,15H2,1-3H3. The molecule has 0 saturated heterocycles. The van der Waals surface area contributed by atoms with E-state index in [1.165, 1.54) is 11.8 Å². The predicted octanol–water partition coefficient (Wildman–Crippen LogP) is 4.77. The molecular formula is C25H22N2O3S. The summed E-state index contributed by atoms with van der Waals surface area (Å²) in [5.74, 6) is 1.33. The fourth-order valence-electron chi connectivity index (χ4n) is 3.36. The van der Waals surface area contributed by atoms with Crippen molar-refractivity contribution >= 4 is 28.4 Å². The zero-order valence-corrected chi connectivity index (χ0v) is 18.4. The van der Waals surface area contributed by atoms with Crippen LogP contribution in [0, 0.1) is 6.92 Å². The highest BCUT2D eigenvalue weighted by Crippen LogP contribution is 2.23. The molecule has 0 saturated carbocycles. The highest BCUT2D eigenvalue weighted by atomic mass is 32.2. The van der Waals surface area contributed by atoms with Crippen LogP contribution in [-0.2, 0) is 12.8 Å². The molecule has 0 unspecified atom stereocenters. The van der Waals surface area contributed by atoms with Crippen molar-refractivity contribution in [1.29, 1.82) is 0 Å². The summed E-state index contributed by atoms with van der Waals surface area (Å²) in [7, 11) is 3.34. The van der Waals surface area contributed by atoms with Crippen LogP contribution in [0.25, 0.3) is 10.9 Å². The highest BCUT2D eigenvalue weighted by Gasteiger charge is 2.12. The first-order valence-electron chi connectivity index (χ1n) is 9.85. The number of para-hydroxylation sites is 1. The number of hydrogen-bond acceptors (Lipinski definition) is 5. The van der Waals surface area contributed by atoms with Gasteiger partial charge in [0.2, 0.25) is 0 Å². The number of aryl methyl sites for hydroxylation is 1. The lowest BCUT2D eigenvalue weighted by atomic mass is 10.0. The minimum absolute atomic E-state index is 0.0316. The van der Waals surface area contributed by atoms with Gasteiger partial charge in [0.15, 0.2) is 10.9 Å². The maximum Gasteiger partial charge on any atom is 0.261 e. The summed E-state index contributed by atoms with van der Waals surface area (Å²) in [6, 6.07) is 20.3. The number of methoxy groups -OCH3 is 1. The Morgan fingerprint density at radius 1 is 1.00 bits per heavy atom. The normalized spacial score (nSPS) is 10.9. The number of nitrogens with zero attached hydrogens (tertiary/aromatic N) is 2. The van der Waals surface area contributed by atoms with E-state index in [9.17, 15) is 9.59 Å². The van der Waals surface area contributed by atoms with Gasteiger partial charge in [-0.05, 0) is 48.4 Å². The number of benzene rings is 3. The van der Waals surface area contributed by atoms with Crippen molar-refractivity contribution in [1.82, 2.24) is 9.55 Å². The number of rotatable bonds is 6. The summed E-state index contributed by atoms with van der Waals surface area (Å²) in [5.41, 5.74) is 3.98. The largest absolute Gasteiger partial charge is 0.497 e. The molecule has 0 radical (unpaired) electrons. The van der Waals surface area contributed by atoms with Gasteiger partial charge in [-0.25, -0.2) is 4.98 Å². The van der Waals surface area contributed by atoms with Crippen LogP contribution >= 0.6 is 11.8 Å². The molecule has 0 aliphatic carbocycles. The number of carbonyl (C=O) groups is 1. The zero-order valence-electron chi connectivity index (χ0n) is 17.6. The molecule has 0 N–H and O–H groups in total. The topological polar surface area (TPSA) is 61.2 Å². The second kappa shape index (κ2) is 8.78. The van der Waals surface area contributed by atoms with Crippen molar-refractivity contribution in [2.45, 2.75) is 17.8 Å². The SMILES string of the molecule is COc1ccc(C(=O)c2ccc(CSc3nc4c(C)cccc4c(=O)n3C)cc2)cc1. The lowest BCUT2D eigenvalue weighted by Gasteiger charge is -2.10. The van der Waals surface area contributed by atoms with E-state index < -0.39 is 0 Å². The van der Waals surface area contributed by atoms with Gasteiger partial charge >= 0.3 is 0 Å². The van der Waals surface area contributed by atoms with Crippen molar-refractivity contribution in [2.75, 3.05) is 7.11 Å². The number of aromatic nitrogens is 2. The van der Waals surface area contributed by atoms with Crippen molar-refractivity contribution in [2.24, 2.45) is 7.05 Å². The molecule has 1 heterocycles. The Kier molecular flexibility index (Phi) is 5.91. The van der Waals surface area contributed by atoms with Gasteiger partial charge in [-0.15, -0.1) is 0 Å². The maximum absolute atomic E-state index is 12.7. The van der Waals surface area contributed by atoms with Gasteiger partial charge in [-0.2, -0.15) is 0 Å². The van der Waals surface area contributed by atoms with Gasteiger partial charge in [0.1, 0.15) is 5.75 Å². The van der Waals surface area contributed by atoms with Crippen molar-refractivity contribution in [3.05, 3.63) is 99.3 Å². The molecule has 1 aromatic heterocycles. The van der Waals surface area contributed by atoms with Crippen LogP contribution < -0.4 is 10.3 Å². The second-order valence-corrected chi connectivity index (χ2v) is 8.22. The molecule has 0 atom stereocenters. The molecule has 31 heavy (non-hydrogen) atoms.